The summed E-state index contributed by atoms with van der Waals surface area (Å²) < 4.78 is 9.72. The zero-order valence-corrected chi connectivity index (χ0v) is 15.0. The number of carboxylic acid groups (broad SMARTS) is 1. The third-order valence-electron chi connectivity index (χ3n) is 3.60. The average Bonchev–Trinajstić information content (AvgIpc) is 2.66. The van der Waals surface area contributed by atoms with Gasteiger partial charge in [0.05, 0.1) is 11.6 Å². The quantitative estimate of drug-likeness (QED) is 0.524. The second-order valence-corrected chi connectivity index (χ2v) is 5.96. The Hall–Kier alpha value is -3.06. The first-order valence-corrected chi connectivity index (χ1v) is 8.46. The van der Waals surface area contributed by atoms with Gasteiger partial charge in [-0.25, -0.2) is 9.59 Å². The van der Waals surface area contributed by atoms with Gasteiger partial charge in [-0.2, -0.15) is 0 Å². The van der Waals surface area contributed by atoms with Gasteiger partial charge in [-0.3, -0.25) is 4.79 Å². The van der Waals surface area contributed by atoms with E-state index >= 15 is 0 Å². The van der Waals surface area contributed by atoms with Crippen LogP contribution in [0.25, 0.3) is 0 Å². The number of carbonyl (C=O) groups excluding carboxylic acids is 2. The Morgan fingerprint density at radius 2 is 1.67 bits per heavy atom. The van der Waals surface area contributed by atoms with Crippen molar-refractivity contribution in [2.24, 2.45) is 0 Å². The van der Waals surface area contributed by atoms with Crippen LogP contribution >= 0.6 is 11.6 Å². The molecule has 0 aliphatic carbocycles. The Balaban J connectivity index is 1.88. The van der Waals surface area contributed by atoms with E-state index in [9.17, 15) is 14.4 Å². The number of hydrogen-bond acceptors (Lipinski definition) is 5. The number of halogens is 1. The molecule has 27 heavy (non-hydrogen) atoms. The first kappa shape index (κ1) is 20.3. The first-order valence-electron chi connectivity index (χ1n) is 8.08. The van der Waals surface area contributed by atoms with Crippen LogP contribution in [-0.2, 0) is 14.3 Å². The number of ether oxygens (including phenoxy) is 2. The van der Waals surface area contributed by atoms with Crippen LogP contribution in [0.4, 0.5) is 4.79 Å². The fourth-order valence-electron chi connectivity index (χ4n) is 2.26. The minimum absolute atomic E-state index is 0.142. The maximum Gasteiger partial charge on any atom is 0.410 e. The Labute approximate surface area is 160 Å². The van der Waals surface area contributed by atoms with Crippen molar-refractivity contribution in [3.63, 3.8) is 0 Å². The first-order chi connectivity index (χ1) is 13.0. The molecule has 8 heteroatoms. The standard InChI is InChI=1S/C19H18ClNO6/c20-15-8-6-13(7-9-15)16(10-11-17(22)23)21-19(25)27-12-26-18(24)14-4-2-1-3-5-14/h1-9,16H,10-12H2,(H,21,25)(H,22,23). The number of nitrogens with one attached hydrogen (secondary N) is 1. The molecule has 2 rings (SSSR count). The lowest BCUT2D eigenvalue weighted by atomic mass is 10.0. The molecular weight excluding hydrogens is 374 g/mol. The summed E-state index contributed by atoms with van der Waals surface area (Å²) in [4.78, 5) is 34.6. The van der Waals surface area contributed by atoms with Crippen molar-refractivity contribution in [3.05, 3.63) is 70.7 Å². The lowest BCUT2D eigenvalue weighted by molar-refractivity contribution is -0.137. The molecule has 1 unspecified atom stereocenters. The molecule has 0 radical (unpaired) electrons. The van der Waals surface area contributed by atoms with Crippen LogP contribution in [0.3, 0.4) is 0 Å². The number of hydrogen-bond donors (Lipinski definition) is 2. The minimum Gasteiger partial charge on any atom is -0.481 e. The number of benzene rings is 2. The van der Waals surface area contributed by atoms with Crippen molar-refractivity contribution in [2.75, 3.05) is 6.79 Å². The molecule has 0 saturated carbocycles. The summed E-state index contributed by atoms with van der Waals surface area (Å²) >= 11 is 5.84. The van der Waals surface area contributed by atoms with Crippen molar-refractivity contribution in [2.45, 2.75) is 18.9 Å². The molecule has 2 aromatic carbocycles. The van der Waals surface area contributed by atoms with Crippen LogP contribution in [0.5, 0.6) is 0 Å². The van der Waals surface area contributed by atoms with Crippen molar-refractivity contribution >= 4 is 29.6 Å². The molecule has 1 atom stereocenters. The molecule has 1 amide bonds. The smallest absolute Gasteiger partial charge is 0.410 e. The van der Waals surface area contributed by atoms with E-state index in [-0.39, 0.29) is 12.8 Å². The maximum absolute atomic E-state index is 12.0. The number of esters is 1. The summed E-state index contributed by atoms with van der Waals surface area (Å²) in [5.41, 5.74) is 1.01. The summed E-state index contributed by atoms with van der Waals surface area (Å²) in [6.07, 6.45) is -0.812. The highest BCUT2D eigenvalue weighted by Gasteiger charge is 2.17. The fourth-order valence-corrected chi connectivity index (χ4v) is 2.39. The molecule has 0 aliphatic rings. The number of alkyl carbamates (subject to hydrolysis) is 1. The second-order valence-electron chi connectivity index (χ2n) is 5.53. The Morgan fingerprint density at radius 1 is 1.00 bits per heavy atom. The van der Waals surface area contributed by atoms with E-state index in [1.807, 2.05) is 0 Å². The highest BCUT2D eigenvalue weighted by atomic mass is 35.5. The number of rotatable bonds is 8. The van der Waals surface area contributed by atoms with E-state index in [0.717, 1.165) is 0 Å². The van der Waals surface area contributed by atoms with Crippen molar-refractivity contribution in [3.8, 4) is 0 Å². The molecule has 0 bridgehead atoms. The highest BCUT2D eigenvalue weighted by Crippen LogP contribution is 2.21. The molecule has 142 valence electrons. The van der Waals surface area contributed by atoms with Gasteiger partial charge in [0.15, 0.2) is 0 Å². The van der Waals surface area contributed by atoms with Gasteiger partial charge >= 0.3 is 18.0 Å². The van der Waals surface area contributed by atoms with Crippen molar-refractivity contribution in [1.82, 2.24) is 5.32 Å². The van der Waals surface area contributed by atoms with Crippen molar-refractivity contribution < 1.29 is 29.0 Å². The Morgan fingerprint density at radius 3 is 2.30 bits per heavy atom. The summed E-state index contributed by atoms with van der Waals surface area (Å²) in [6.45, 7) is -0.564. The molecule has 0 fully saturated rings. The molecule has 0 spiro atoms. The molecule has 7 nitrogen and oxygen atoms in total. The van der Waals surface area contributed by atoms with Gasteiger partial charge < -0.3 is 19.9 Å². The van der Waals surface area contributed by atoms with Crippen LogP contribution in [0.15, 0.2) is 54.6 Å². The van der Waals surface area contributed by atoms with Crippen LogP contribution in [0, 0.1) is 0 Å². The lowest BCUT2D eigenvalue weighted by Crippen LogP contribution is -2.30. The predicted octanol–water partition coefficient (Wildman–Crippen LogP) is 3.79. The van der Waals surface area contributed by atoms with Gasteiger partial charge in [-0.05, 0) is 36.2 Å². The number of carboxylic acids is 1. The maximum atomic E-state index is 12.0. The molecule has 0 heterocycles. The molecule has 2 aromatic rings. The summed E-state index contributed by atoms with van der Waals surface area (Å²) in [5.74, 6) is -1.61. The fraction of sp³-hybridized carbons (Fsp3) is 0.211. The topological polar surface area (TPSA) is 102 Å². The normalized spacial score (nSPS) is 11.3. The zero-order valence-electron chi connectivity index (χ0n) is 14.3. The van der Waals surface area contributed by atoms with Crippen LogP contribution in [-0.4, -0.2) is 29.9 Å². The summed E-state index contributed by atoms with van der Waals surface area (Å²) in [7, 11) is 0. The van der Waals surface area contributed by atoms with Crippen LogP contribution < -0.4 is 5.32 Å². The largest absolute Gasteiger partial charge is 0.481 e. The zero-order chi connectivity index (χ0) is 19.6. The SMILES string of the molecule is O=C(O)CCC(NC(=O)OCOC(=O)c1ccccc1)c1ccc(Cl)cc1. The second kappa shape index (κ2) is 10.2. The Bertz CT molecular complexity index is 779. The molecule has 0 saturated heterocycles. The van der Waals surface area contributed by atoms with Gasteiger partial charge in [-0.1, -0.05) is 41.9 Å². The third kappa shape index (κ3) is 6.99. The third-order valence-corrected chi connectivity index (χ3v) is 3.85. The minimum atomic E-state index is -0.985. The number of carbonyl (C=O) groups is 3. The number of aliphatic carboxylic acids is 1. The van der Waals surface area contributed by atoms with E-state index in [2.05, 4.69) is 5.32 Å². The molecule has 0 aliphatic heterocycles. The van der Waals surface area contributed by atoms with E-state index in [0.29, 0.717) is 16.1 Å². The van der Waals surface area contributed by atoms with Crippen LogP contribution in [0.1, 0.15) is 34.8 Å². The molecule has 0 aromatic heterocycles. The number of amides is 1. The predicted molar refractivity (Wildman–Crippen MR) is 97.4 cm³/mol. The van der Waals surface area contributed by atoms with Crippen molar-refractivity contribution in [1.29, 1.82) is 0 Å². The monoisotopic (exact) mass is 391 g/mol. The van der Waals surface area contributed by atoms with Gasteiger partial charge in [0.25, 0.3) is 0 Å². The van der Waals surface area contributed by atoms with Gasteiger partial charge in [0.1, 0.15) is 0 Å². The average molecular weight is 392 g/mol. The van der Waals surface area contributed by atoms with E-state index < -0.39 is 30.9 Å². The molecular formula is C19H18ClNO6. The van der Waals surface area contributed by atoms with E-state index in [1.54, 1.807) is 54.6 Å². The highest BCUT2D eigenvalue weighted by molar-refractivity contribution is 6.30. The van der Waals surface area contributed by atoms with E-state index in [1.165, 1.54) is 0 Å². The van der Waals surface area contributed by atoms with Gasteiger partial charge in [0, 0.05) is 11.4 Å². The lowest BCUT2D eigenvalue weighted by Gasteiger charge is -2.18. The van der Waals surface area contributed by atoms with Gasteiger partial charge in [0.2, 0.25) is 6.79 Å². The summed E-state index contributed by atoms with van der Waals surface area (Å²) in [6, 6.07) is 14.3. The summed E-state index contributed by atoms with van der Waals surface area (Å²) in [5, 5.41) is 12.0. The van der Waals surface area contributed by atoms with Crippen LogP contribution in [0.2, 0.25) is 5.02 Å². The van der Waals surface area contributed by atoms with Gasteiger partial charge in [-0.15, -0.1) is 0 Å². The Kier molecular flexibility index (Phi) is 7.63. The molecule has 2 N–H and O–H groups in total. The van der Waals surface area contributed by atoms with E-state index in [4.69, 9.17) is 26.2 Å².